The van der Waals surface area contributed by atoms with Gasteiger partial charge in [-0.1, -0.05) is 37.3 Å². The van der Waals surface area contributed by atoms with E-state index in [-0.39, 0.29) is 30.1 Å². The Labute approximate surface area is 146 Å². The minimum Gasteiger partial charge on any atom is -0.349 e. The van der Waals surface area contributed by atoms with Gasteiger partial charge >= 0.3 is 0 Å². The van der Waals surface area contributed by atoms with Crippen molar-refractivity contribution in [2.45, 2.75) is 32.4 Å². The molecule has 1 heterocycles. The number of hydrogen-bond donors (Lipinski definition) is 1. The van der Waals surface area contributed by atoms with Crippen LogP contribution in [0.25, 0.3) is 0 Å². The number of rotatable bonds is 6. The van der Waals surface area contributed by atoms with E-state index in [1.807, 2.05) is 31.2 Å². The molecule has 1 aliphatic rings. The summed E-state index contributed by atoms with van der Waals surface area (Å²) in [6, 6.07) is 13.5. The van der Waals surface area contributed by atoms with E-state index in [1.165, 1.54) is 12.1 Å². The Balaban J connectivity index is 1.54. The quantitative estimate of drug-likeness (QED) is 0.876. The third kappa shape index (κ3) is 3.87. The van der Waals surface area contributed by atoms with Crippen LogP contribution in [0.2, 0.25) is 0 Å². The maximum absolute atomic E-state index is 13.0. The number of carbonyl (C=O) groups excluding carboxylic acids is 2. The fourth-order valence-electron chi connectivity index (χ4n) is 3.11. The van der Waals surface area contributed by atoms with E-state index in [4.69, 9.17) is 0 Å². The minimum absolute atomic E-state index is 0.0195. The molecule has 2 aromatic rings. The summed E-state index contributed by atoms with van der Waals surface area (Å²) in [4.78, 5) is 26.3. The number of hydrogen-bond acceptors (Lipinski definition) is 2. The Bertz CT molecular complexity index is 774. The van der Waals surface area contributed by atoms with Crippen LogP contribution in [0.3, 0.4) is 0 Å². The first kappa shape index (κ1) is 17.1. The van der Waals surface area contributed by atoms with Gasteiger partial charge in [-0.05, 0) is 35.7 Å². The summed E-state index contributed by atoms with van der Waals surface area (Å²) in [7, 11) is 0. The van der Waals surface area contributed by atoms with Crippen molar-refractivity contribution in [2.24, 2.45) is 0 Å². The lowest BCUT2D eigenvalue weighted by Gasteiger charge is -2.19. The van der Waals surface area contributed by atoms with Crippen molar-refractivity contribution in [1.29, 1.82) is 0 Å². The first-order valence-corrected chi connectivity index (χ1v) is 8.50. The van der Waals surface area contributed by atoms with Crippen LogP contribution in [-0.4, -0.2) is 23.3 Å². The number of halogens is 1. The first-order chi connectivity index (χ1) is 12.1. The standard InChI is InChI=1S/C20H21FN2O2/c1-2-18(14-7-9-16(21)10-8-14)22-19(24)11-12-23-13-15-5-3-4-6-17(15)20(23)25/h3-10,18H,2,11-13H2,1H3,(H,22,24). The maximum Gasteiger partial charge on any atom is 0.254 e. The number of fused-ring (bicyclic) bond motifs is 1. The van der Waals surface area contributed by atoms with Crippen LogP contribution in [0.1, 0.15) is 47.3 Å². The molecular weight excluding hydrogens is 319 g/mol. The molecule has 1 aliphatic heterocycles. The Hall–Kier alpha value is -2.69. The molecule has 0 aromatic heterocycles. The highest BCUT2D eigenvalue weighted by atomic mass is 19.1. The number of nitrogens with one attached hydrogen (secondary N) is 1. The second kappa shape index (κ2) is 7.47. The van der Waals surface area contributed by atoms with Gasteiger partial charge in [0.25, 0.3) is 5.91 Å². The molecular formula is C20H21FN2O2. The molecule has 0 saturated heterocycles. The van der Waals surface area contributed by atoms with E-state index in [0.29, 0.717) is 19.5 Å². The zero-order chi connectivity index (χ0) is 17.8. The second-order valence-corrected chi connectivity index (χ2v) is 6.21. The lowest BCUT2D eigenvalue weighted by Crippen LogP contribution is -2.33. The summed E-state index contributed by atoms with van der Waals surface area (Å²) in [5, 5.41) is 2.96. The summed E-state index contributed by atoms with van der Waals surface area (Å²) < 4.78 is 13.0. The highest BCUT2D eigenvalue weighted by Gasteiger charge is 2.27. The van der Waals surface area contributed by atoms with Gasteiger partial charge in [-0.2, -0.15) is 0 Å². The predicted octanol–water partition coefficient (Wildman–Crippen LogP) is 3.44. The maximum atomic E-state index is 13.0. The van der Waals surface area contributed by atoms with Gasteiger partial charge in [0.1, 0.15) is 5.82 Å². The molecule has 0 radical (unpaired) electrons. The molecule has 0 fully saturated rings. The Kier molecular flexibility index (Phi) is 5.12. The van der Waals surface area contributed by atoms with Gasteiger partial charge in [0.15, 0.2) is 0 Å². The van der Waals surface area contributed by atoms with E-state index in [1.54, 1.807) is 17.0 Å². The van der Waals surface area contributed by atoms with Gasteiger partial charge < -0.3 is 10.2 Å². The van der Waals surface area contributed by atoms with E-state index < -0.39 is 0 Å². The number of nitrogens with zero attached hydrogens (tertiary/aromatic N) is 1. The van der Waals surface area contributed by atoms with E-state index in [2.05, 4.69) is 5.32 Å². The predicted molar refractivity (Wildman–Crippen MR) is 93.4 cm³/mol. The molecule has 0 aliphatic carbocycles. The molecule has 3 rings (SSSR count). The van der Waals surface area contributed by atoms with Gasteiger partial charge in [0.05, 0.1) is 6.04 Å². The summed E-state index contributed by atoms with van der Waals surface area (Å²) in [5.74, 6) is -0.425. The normalized spacial score (nSPS) is 14.3. The molecule has 5 heteroatoms. The highest BCUT2D eigenvalue weighted by Crippen LogP contribution is 2.22. The summed E-state index contributed by atoms with van der Waals surface area (Å²) >= 11 is 0. The van der Waals surface area contributed by atoms with Crippen molar-refractivity contribution >= 4 is 11.8 Å². The second-order valence-electron chi connectivity index (χ2n) is 6.21. The molecule has 0 saturated carbocycles. The van der Waals surface area contributed by atoms with Crippen LogP contribution >= 0.6 is 0 Å². The monoisotopic (exact) mass is 340 g/mol. The van der Waals surface area contributed by atoms with Gasteiger partial charge in [0, 0.05) is 25.1 Å². The molecule has 1 N–H and O–H groups in total. The summed E-state index contributed by atoms with van der Waals surface area (Å²) in [5.41, 5.74) is 2.60. The zero-order valence-electron chi connectivity index (χ0n) is 14.2. The van der Waals surface area contributed by atoms with Crippen LogP contribution in [0.4, 0.5) is 4.39 Å². The van der Waals surface area contributed by atoms with Crippen molar-refractivity contribution in [3.8, 4) is 0 Å². The Morgan fingerprint density at radius 2 is 1.92 bits per heavy atom. The van der Waals surface area contributed by atoms with Crippen LogP contribution in [0.5, 0.6) is 0 Å². The Morgan fingerprint density at radius 3 is 2.60 bits per heavy atom. The van der Waals surface area contributed by atoms with Crippen molar-refractivity contribution < 1.29 is 14.0 Å². The van der Waals surface area contributed by atoms with Gasteiger partial charge in [-0.25, -0.2) is 4.39 Å². The van der Waals surface area contributed by atoms with E-state index in [0.717, 1.165) is 16.7 Å². The summed E-state index contributed by atoms with van der Waals surface area (Å²) in [6.07, 6.45) is 0.961. The molecule has 1 unspecified atom stereocenters. The number of amides is 2. The van der Waals surface area contributed by atoms with Crippen molar-refractivity contribution in [3.05, 3.63) is 71.0 Å². The average Bonchev–Trinajstić information content (AvgIpc) is 2.95. The lowest BCUT2D eigenvalue weighted by molar-refractivity contribution is -0.122. The van der Waals surface area contributed by atoms with Crippen molar-refractivity contribution in [2.75, 3.05) is 6.54 Å². The van der Waals surface area contributed by atoms with Gasteiger partial charge in [-0.3, -0.25) is 9.59 Å². The molecule has 0 bridgehead atoms. The van der Waals surface area contributed by atoms with Crippen molar-refractivity contribution in [3.63, 3.8) is 0 Å². The van der Waals surface area contributed by atoms with Crippen LogP contribution < -0.4 is 5.32 Å². The average molecular weight is 340 g/mol. The van der Waals surface area contributed by atoms with Crippen LogP contribution in [0, 0.1) is 5.82 Å². The molecule has 1 atom stereocenters. The largest absolute Gasteiger partial charge is 0.349 e. The number of benzene rings is 2. The molecule has 2 amide bonds. The molecule has 25 heavy (non-hydrogen) atoms. The van der Waals surface area contributed by atoms with Crippen LogP contribution in [0.15, 0.2) is 48.5 Å². The number of carbonyl (C=O) groups is 2. The summed E-state index contributed by atoms with van der Waals surface area (Å²) in [6.45, 7) is 2.91. The van der Waals surface area contributed by atoms with Crippen molar-refractivity contribution in [1.82, 2.24) is 10.2 Å². The van der Waals surface area contributed by atoms with Gasteiger partial charge in [0.2, 0.25) is 5.91 Å². The topological polar surface area (TPSA) is 49.4 Å². The molecule has 0 spiro atoms. The Morgan fingerprint density at radius 1 is 1.20 bits per heavy atom. The highest BCUT2D eigenvalue weighted by molar-refractivity contribution is 5.98. The first-order valence-electron chi connectivity index (χ1n) is 8.50. The lowest BCUT2D eigenvalue weighted by atomic mass is 10.0. The van der Waals surface area contributed by atoms with Crippen LogP contribution in [-0.2, 0) is 11.3 Å². The minimum atomic E-state index is -0.294. The fourth-order valence-corrected chi connectivity index (χ4v) is 3.11. The molecule has 4 nitrogen and oxygen atoms in total. The zero-order valence-corrected chi connectivity index (χ0v) is 14.2. The SMILES string of the molecule is CCC(NC(=O)CCN1Cc2ccccc2C1=O)c1ccc(F)cc1. The third-order valence-corrected chi connectivity index (χ3v) is 4.52. The van der Waals surface area contributed by atoms with E-state index in [9.17, 15) is 14.0 Å². The third-order valence-electron chi connectivity index (χ3n) is 4.52. The van der Waals surface area contributed by atoms with Gasteiger partial charge in [-0.15, -0.1) is 0 Å². The molecule has 130 valence electrons. The fraction of sp³-hybridized carbons (Fsp3) is 0.300. The van der Waals surface area contributed by atoms with E-state index >= 15 is 0 Å². The molecule has 2 aromatic carbocycles. The smallest absolute Gasteiger partial charge is 0.254 e.